The Balaban J connectivity index is 1.87. The van der Waals surface area contributed by atoms with Crippen LogP contribution in [0, 0.1) is 18.8 Å². The second-order valence-electron chi connectivity index (χ2n) is 5.86. The van der Waals surface area contributed by atoms with Crippen LogP contribution in [0.1, 0.15) is 44.2 Å². The smallest absolute Gasteiger partial charge is 0.101 e. The van der Waals surface area contributed by atoms with Gasteiger partial charge in [-0.3, -0.25) is 0 Å². The van der Waals surface area contributed by atoms with Crippen molar-refractivity contribution in [2.24, 2.45) is 11.8 Å². The van der Waals surface area contributed by atoms with E-state index in [4.69, 9.17) is 0 Å². The van der Waals surface area contributed by atoms with Crippen molar-refractivity contribution in [1.29, 1.82) is 0 Å². The van der Waals surface area contributed by atoms with Gasteiger partial charge in [-0.15, -0.1) is 0 Å². The normalized spacial score (nSPS) is 29.2. The fourth-order valence-corrected chi connectivity index (χ4v) is 2.97. The van der Waals surface area contributed by atoms with Crippen LogP contribution >= 0.6 is 0 Å². The van der Waals surface area contributed by atoms with E-state index in [9.17, 15) is 0 Å². The monoisotopic (exact) mass is 232 g/mol. The predicted octanol–water partition coefficient (Wildman–Crippen LogP) is 2.88. The van der Waals surface area contributed by atoms with Gasteiger partial charge in [0.15, 0.2) is 0 Å². The Kier molecular flexibility index (Phi) is 4.22. The van der Waals surface area contributed by atoms with Gasteiger partial charge in [0.25, 0.3) is 0 Å². The highest BCUT2D eigenvalue weighted by molar-refractivity contribution is 5.20. The highest BCUT2D eigenvalue weighted by atomic mass is 14.9. The molecule has 0 radical (unpaired) electrons. The van der Waals surface area contributed by atoms with Crippen molar-refractivity contribution in [2.75, 3.05) is 0 Å². The van der Waals surface area contributed by atoms with Crippen LogP contribution in [0.25, 0.3) is 0 Å². The molecule has 1 aliphatic carbocycles. The molecule has 0 aromatic heterocycles. The van der Waals surface area contributed by atoms with E-state index in [0.717, 1.165) is 24.4 Å². The van der Waals surface area contributed by atoms with Crippen molar-refractivity contribution in [2.45, 2.75) is 52.6 Å². The third-order valence-corrected chi connectivity index (χ3v) is 4.55. The van der Waals surface area contributed by atoms with Gasteiger partial charge >= 0.3 is 0 Å². The lowest BCUT2D eigenvalue weighted by Crippen LogP contribution is -2.90. The van der Waals surface area contributed by atoms with Gasteiger partial charge in [0, 0.05) is 11.5 Å². The molecule has 0 spiro atoms. The van der Waals surface area contributed by atoms with Crippen molar-refractivity contribution in [3.05, 3.63) is 35.4 Å². The molecule has 1 nitrogen and oxygen atoms in total. The molecule has 17 heavy (non-hydrogen) atoms. The van der Waals surface area contributed by atoms with Crippen molar-refractivity contribution in [3.8, 4) is 0 Å². The van der Waals surface area contributed by atoms with Crippen LogP contribution in [-0.2, 0) is 6.54 Å². The predicted molar refractivity (Wildman–Crippen MR) is 72.8 cm³/mol. The van der Waals surface area contributed by atoms with Crippen LogP contribution in [-0.4, -0.2) is 6.04 Å². The molecule has 3 atom stereocenters. The third kappa shape index (κ3) is 3.32. The van der Waals surface area contributed by atoms with Gasteiger partial charge in [0.05, 0.1) is 6.04 Å². The van der Waals surface area contributed by atoms with Crippen LogP contribution in [0.15, 0.2) is 24.3 Å². The number of hydrogen-bond acceptors (Lipinski definition) is 0. The Morgan fingerprint density at radius 3 is 2.53 bits per heavy atom. The Morgan fingerprint density at radius 2 is 1.82 bits per heavy atom. The lowest BCUT2D eigenvalue weighted by Gasteiger charge is -2.32. The summed E-state index contributed by atoms with van der Waals surface area (Å²) in [5, 5.41) is 2.56. The number of quaternary nitrogens is 1. The van der Waals surface area contributed by atoms with Gasteiger partial charge in [-0.05, 0) is 32.1 Å². The molecule has 1 heteroatoms. The molecule has 1 saturated carbocycles. The van der Waals surface area contributed by atoms with Gasteiger partial charge < -0.3 is 5.32 Å². The van der Waals surface area contributed by atoms with E-state index in [1.165, 1.54) is 30.4 Å². The largest absolute Gasteiger partial charge is 0.340 e. The van der Waals surface area contributed by atoms with Gasteiger partial charge in [-0.1, -0.05) is 43.7 Å². The van der Waals surface area contributed by atoms with Gasteiger partial charge in [-0.2, -0.15) is 0 Å². The van der Waals surface area contributed by atoms with Crippen LogP contribution in [0.4, 0.5) is 0 Å². The summed E-state index contributed by atoms with van der Waals surface area (Å²) in [6.45, 7) is 8.14. The van der Waals surface area contributed by atoms with Gasteiger partial charge in [0.2, 0.25) is 0 Å². The van der Waals surface area contributed by atoms with Crippen molar-refractivity contribution in [3.63, 3.8) is 0 Å². The molecular formula is C16H26N+. The lowest BCUT2D eigenvalue weighted by atomic mass is 9.78. The maximum atomic E-state index is 2.56. The Labute approximate surface area is 106 Å². The molecule has 0 saturated heterocycles. The van der Waals surface area contributed by atoms with E-state index in [-0.39, 0.29) is 0 Å². The molecule has 2 N–H and O–H groups in total. The maximum absolute atomic E-state index is 2.56. The van der Waals surface area contributed by atoms with Crippen molar-refractivity contribution in [1.82, 2.24) is 0 Å². The van der Waals surface area contributed by atoms with Crippen molar-refractivity contribution < 1.29 is 5.32 Å². The molecule has 1 aromatic carbocycles. The van der Waals surface area contributed by atoms with Crippen LogP contribution in [0.5, 0.6) is 0 Å². The molecule has 0 bridgehead atoms. The van der Waals surface area contributed by atoms with Gasteiger partial charge in [-0.25, -0.2) is 0 Å². The van der Waals surface area contributed by atoms with E-state index >= 15 is 0 Å². The number of benzene rings is 1. The minimum absolute atomic E-state index is 0.833. The lowest BCUT2D eigenvalue weighted by molar-refractivity contribution is -0.713. The molecule has 0 amide bonds. The molecule has 0 unspecified atom stereocenters. The second-order valence-corrected chi connectivity index (χ2v) is 5.86. The highest BCUT2D eigenvalue weighted by Crippen LogP contribution is 2.27. The van der Waals surface area contributed by atoms with Gasteiger partial charge in [0.1, 0.15) is 6.54 Å². The first-order valence-electron chi connectivity index (χ1n) is 7.05. The Bertz CT molecular complexity index is 341. The van der Waals surface area contributed by atoms with Crippen LogP contribution in [0.2, 0.25) is 0 Å². The summed E-state index contributed by atoms with van der Waals surface area (Å²) in [5.41, 5.74) is 2.81. The Hall–Kier alpha value is -0.820. The molecule has 1 aliphatic rings. The van der Waals surface area contributed by atoms with E-state index in [1.54, 1.807) is 0 Å². The first-order chi connectivity index (χ1) is 8.16. The standard InChI is InChI=1S/C16H25N/c1-12-7-9-15(10-8-12)11-17-16-6-4-5-13(2)14(16)3/h7-10,13-14,16-17H,4-6,11H2,1-3H3/p+1/t13-,14-,16+/m0/s1. The van der Waals surface area contributed by atoms with Crippen LogP contribution in [0.3, 0.4) is 0 Å². The van der Waals surface area contributed by atoms with Crippen LogP contribution < -0.4 is 5.32 Å². The molecule has 0 aliphatic heterocycles. The summed E-state index contributed by atoms with van der Waals surface area (Å²) in [6.07, 6.45) is 4.24. The zero-order valence-corrected chi connectivity index (χ0v) is 11.4. The summed E-state index contributed by atoms with van der Waals surface area (Å²) in [6, 6.07) is 9.80. The van der Waals surface area contributed by atoms with E-state index in [2.05, 4.69) is 50.4 Å². The summed E-state index contributed by atoms with van der Waals surface area (Å²) >= 11 is 0. The number of nitrogens with two attached hydrogens (primary N) is 1. The molecular weight excluding hydrogens is 206 g/mol. The number of hydrogen-bond donors (Lipinski definition) is 1. The maximum Gasteiger partial charge on any atom is 0.101 e. The molecule has 2 rings (SSSR count). The second kappa shape index (κ2) is 5.68. The quantitative estimate of drug-likeness (QED) is 0.825. The highest BCUT2D eigenvalue weighted by Gasteiger charge is 2.29. The molecule has 0 heterocycles. The summed E-state index contributed by atoms with van der Waals surface area (Å²) in [5.74, 6) is 1.78. The topological polar surface area (TPSA) is 16.6 Å². The Morgan fingerprint density at radius 1 is 1.12 bits per heavy atom. The van der Waals surface area contributed by atoms with E-state index in [0.29, 0.717) is 0 Å². The summed E-state index contributed by atoms with van der Waals surface area (Å²) < 4.78 is 0. The first kappa shape index (κ1) is 12.6. The average molecular weight is 232 g/mol. The van der Waals surface area contributed by atoms with Crippen molar-refractivity contribution >= 4 is 0 Å². The molecule has 94 valence electrons. The number of aryl methyl sites for hydroxylation is 1. The SMILES string of the molecule is Cc1ccc(C[NH2+][C@@H]2CCC[C@H](C)[C@@H]2C)cc1. The molecule has 1 aromatic rings. The third-order valence-electron chi connectivity index (χ3n) is 4.55. The summed E-state index contributed by atoms with van der Waals surface area (Å²) in [4.78, 5) is 0. The zero-order chi connectivity index (χ0) is 12.3. The molecule has 1 fully saturated rings. The zero-order valence-electron chi connectivity index (χ0n) is 11.4. The minimum Gasteiger partial charge on any atom is -0.340 e. The first-order valence-corrected chi connectivity index (χ1v) is 7.05. The van der Waals surface area contributed by atoms with E-state index in [1.807, 2.05) is 0 Å². The fraction of sp³-hybridized carbons (Fsp3) is 0.625. The van der Waals surface area contributed by atoms with E-state index < -0.39 is 0 Å². The summed E-state index contributed by atoms with van der Waals surface area (Å²) in [7, 11) is 0. The average Bonchev–Trinajstić information content (AvgIpc) is 2.33. The fourth-order valence-electron chi connectivity index (χ4n) is 2.97. The number of rotatable bonds is 3. The minimum atomic E-state index is 0.833.